The van der Waals surface area contributed by atoms with Gasteiger partial charge in [0.1, 0.15) is 0 Å². The lowest BCUT2D eigenvalue weighted by molar-refractivity contribution is -0.0403. The highest BCUT2D eigenvalue weighted by atomic mass is 16.5. The molecule has 0 N–H and O–H groups in total. The van der Waals surface area contributed by atoms with Crippen LogP contribution >= 0.6 is 0 Å². The molecule has 0 heterocycles. The molecule has 0 fully saturated rings. The fourth-order valence-electron chi connectivity index (χ4n) is 1.35. The van der Waals surface area contributed by atoms with Crippen molar-refractivity contribution in [3.63, 3.8) is 0 Å². The van der Waals surface area contributed by atoms with Gasteiger partial charge < -0.3 is 14.2 Å². The van der Waals surface area contributed by atoms with Crippen LogP contribution in [-0.4, -0.2) is 41.2 Å². The summed E-state index contributed by atoms with van der Waals surface area (Å²) < 4.78 is 15.4. The van der Waals surface area contributed by atoms with Crippen LogP contribution in [0.1, 0.15) is 27.2 Å². The normalized spacial score (nSPS) is 10.7. The van der Waals surface area contributed by atoms with E-state index in [4.69, 9.17) is 14.2 Å². The van der Waals surface area contributed by atoms with Crippen LogP contribution in [0.15, 0.2) is 0 Å². The summed E-state index contributed by atoms with van der Waals surface area (Å²) in [7, 11) is 5.11. The lowest BCUT2D eigenvalue weighted by Gasteiger charge is -2.30. The van der Waals surface area contributed by atoms with Gasteiger partial charge in [0.05, 0.1) is 19.8 Å². The van der Waals surface area contributed by atoms with Crippen molar-refractivity contribution in [2.24, 2.45) is 5.41 Å². The van der Waals surface area contributed by atoms with Gasteiger partial charge in [-0.3, -0.25) is 0 Å². The maximum Gasteiger partial charge on any atom is 0.0562 e. The highest BCUT2D eigenvalue weighted by Crippen LogP contribution is 2.22. The molecule has 0 aliphatic rings. The van der Waals surface area contributed by atoms with Crippen LogP contribution in [0.4, 0.5) is 0 Å². The number of hydrogen-bond donors (Lipinski definition) is 0. The van der Waals surface area contributed by atoms with Gasteiger partial charge in [-0.15, -0.1) is 0 Å². The average molecular weight is 206 g/mol. The molecule has 0 unspecified atom stereocenters. The predicted octanol–water partition coefficient (Wildman–Crippen LogP) is 2.35. The summed E-state index contributed by atoms with van der Waals surface area (Å²) in [6.07, 6.45) is 1.00. The molecular weight excluding hydrogens is 180 g/mol. The lowest BCUT2D eigenvalue weighted by Crippen LogP contribution is -2.35. The minimum Gasteiger partial charge on any atom is -0.384 e. The Morgan fingerprint density at radius 2 is 1.07 bits per heavy atom. The molecule has 0 saturated carbocycles. The summed E-state index contributed by atoms with van der Waals surface area (Å²) in [5.74, 6) is 0. The van der Waals surface area contributed by atoms with E-state index in [9.17, 15) is 0 Å². The maximum atomic E-state index is 5.14. The summed E-state index contributed by atoms with van der Waals surface area (Å²) >= 11 is 0. The van der Waals surface area contributed by atoms with Gasteiger partial charge in [0.15, 0.2) is 0 Å². The summed E-state index contributed by atoms with van der Waals surface area (Å²) in [5.41, 5.74) is 0.0260. The molecule has 0 aliphatic carbocycles. The first-order valence-electron chi connectivity index (χ1n) is 5.21. The second-order valence-electron chi connectivity index (χ2n) is 3.15. The molecule has 0 atom stereocenters. The van der Waals surface area contributed by atoms with Crippen LogP contribution in [0.2, 0.25) is 0 Å². The summed E-state index contributed by atoms with van der Waals surface area (Å²) in [6.45, 7) is 8.18. The standard InChI is InChI=1S/C9H20O3.C2H6/c1-5-9(6-10-2,7-11-3)8-12-4;1-2/h5-8H2,1-4H3;1-2H3. The Bertz CT molecular complexity index is 87.7. The van der Waals surface area contributed by atoms with Crippen LogP contribution in [-0.2, 0) is 14.2 Å². The van der Waals surface area contributed by atoms with Gasteiger partial charge >= 0.3 is 0 Å². The first kappa shape index (κ1) is 16.3. The molecule has 88 valence electrons. The van der Waals surface area contributed by atoms with E-state index in [0.29, 0.717) is 19.8 Å². The Morgan fingerprint density at radius 3 is 1.21 bits per heavy atom. The molecule has 14 heavy (non-hydrogen) atoms. The Morgan fingerprint density at radius 1 is 0.786 bits per heavy atom. The van der Waals surface area contributed by atoms with Gasteiger partial charge in [0.25, 0.3) is 0 Å². The minimum absolute atomic E-state index is 0.0260. The number of methoxy groups -OCH3 is 3. The SMILES string of the molecule is CC.CCC(COC)(COC)COC. The average Bonchev–Trinajstić information content (AvgIpc) is 2.22. The Kier molecular flexibility index (Phi) is 12.8. The molecule has 0 aromatic carbocycles. The van der Waals surface area contributed by atoms with Gasteiger partial charge in [0.2, 0.25) is 0 Å². The van der Waals surface area contributed by atoms with E-state index in [1.807, 2.05) is 13.8 Å². The smallest absolute Gasteiger partial charge is 0.0562 e. The third kappa shape index (κ3) is 6.35. The molecule has 3 heteroatoms. The molecule has 0 radical (unpaired) electrons. The van der Waals surface area contributed by atoms with E-state index in [1.54, 1.807) is 21.3 Å². The monoisotopic (exact) mass is 206 g/mol. The van der Waals surface area contributed by atoms with Crippen LogP contribution in [0.25, 0.3) is 0 Å². The second-order valence-corrected chi connectivity index (χ2v) is 3.15. The first-order chi connectivity index (χ1) is 6.74. The first-order valence-corrected chi connectivity index (χ1v) is 5.21. The molecule has 3 nitrogen and oxygen atoms in total. The molecule has 0 spiro atoms. The quantitative estimate of drug-likeness (QED) is 0.640. The zero-order valence-corrected chi connectivity index (χ0v) is 10.6. The molecule has 0 bridgehead atoms. The largest absolute Gasteiger partial charge is 0.384 e. The van der Waals surface area contributed by atoms with Gasteiger partial charge in [-0.1, -0.05) is 20.8 Å². The minimum atomic E-state index is 0.0260. The number of rotatable bonds is 7. The van der Waals surface area contributed by atoms with E-state index in [1.165, 1.54) is 0 Å². The van der Waals surface area contributed by atoms with E-state index in [-0.39, 0.29) is 5.41 Å². The van der Waals surface area contributed by atoms with Crippen molar-refractivity contribution in [2.75, 3.05) is 41.2 Å². The highest BCUT2D eigenvalue weighted by molar-refractivity contribution is 4.76. The van der Waals surface area contributed by atoms with Crippen LogP contribution in [0.5, 0.6) is 0 Å². The van der Waals surface area contributed by atoms with Gasteiger partial charge in [-0.05, 0) is 6.42 Å². The zero-order valence-electron chi connectivity index (χ0n) is 10.6. The van der Waals surface area contributed by atoms with Crippen molar-refractivity contribution in [2.45, 2.75) is 27.2 Å². The molecular formula is C11H26O3. The topological polar surface area (TPSA) is 27.7 Å². The number of hydrogen-bond acceptors (Lipinski definition) is 3. The van der Waals surface area contributed by atoms with E-state index >= 15 is 0 Å². The van der Waals surface area contributed by atoms with Crippen molar-refractivity contribution in [1.29, 1.82) is 0 Å². The molecule has 0 aromatic heterocycles. The van der Waals surface area contributed by atoms with Crippen LogP contribution in [0, 0.1) is 5.41 Å². The summed E-state index contributed by atoms with van der Waals surface area (Å²) in [6, 6.07) is 0. The maximum absolute atomic E-state index is 5.14. The fourth-order valence-corrected chi connectivity index (χ4v) is 1.35. The van der Waals surface area contributed by atoms with E-state index < -0.39 is 0 Å². The van der Waals surface area contributed by atoms with Gasteiger partial charge in [-0.25, -0.2) is 0 Å². The second kappa shape index (κ2) is 11.0. The van der Waals surface area contributed by atoms with Crippen molar-refractivity contribution in [3.05, 3.63) is 0 Å². The number of ether oxygens (including phenoxy) is 3. The van der Waals surface area contributed by atoms with Crippen molar-refractivity contribution in [3.8, 4) is 0 Å². The van der Waals surface area contributed by atoms with Crippen molar-refractivity contribution >= 4 is 0 Å². The molecule has 0 aromatic rings. The predicted molar refractivity (Wildman–Crippen MR) is 59.7 cm³/mol. The van der Waals surface area contributed by atoms with Crippen LogP contribution < -0.4 is 0 Å². The molecule has 0 amide bonds. The summed E-state index contributed by atoms with van der Waals surface area (Å²) in [4.78, 5) is 0. The zero-order chi connectivity index (χ0) is 11.4. The Balaban J connectivity index is 0. The molecule has 0 rings (SSSR count). The molecule has 0 saturated heterocycles. The van der Waals surface area contributed by atoms with Crippen LogP contribution in [0.3, 0.4) is 0 Å². The van der Waals surface area contributed by atoms with Gasteiger partial charge in [-0.2, -0.15) is 0 Å². The third-order valence-corrected chi connectivity index (χ3v) is 2.10. The van der Waals surface area contributed by atoms with Crippen molar-refractivity contribution in [1.82, 2.24) is 0 Å². The Hall–Kier alpha value is -0.120. The van der Waals surface area contributed by atoms with E-state index in [2.05, 4.69) is 6.92 Å². The lowest BCUT2D eigenvalue weighted by atomic mass is 9.88. The Labute approximate surface area is 88.7 Å². The highest BCUT2D eigenvalue weighted by Gasteiger charge is 2.28. The molecule has 0 aliphatic heterocycles. The van der Waals surface area contributed by atoms with Crippen molar-refractivity contribution < 1.29 is 14.2 Å². The third-order valence-electron chi connectivity index (χ3n) is 2.10. The fraction of sp³-hybridized carbons (Fsp3) is 1.00. The van der Waals surface area contributed by atoms with E-state index in [0.717, 1.165) is 6.42 Å². The summed E-state index contributed by atoms with van der Waals surface area (Å²) in [5, 5.41) is 0. The van der Waals surface area contributed by atoms with Gasteiger partial charge in [0, 0.05) is 26.7 Å².